The minimum atomic E-state index is -0.333. The highest BCUT2D eigenvalue weighted by Crippen LogP contribution is 2.22. The predicted octanol–water partition coefficient (Wildman–Crippen LogP) is 3.07. The fourth-order valence-electron chi connectivity index (χ4n) is 1.42. The molecule has 0 saturated heterocycles. The van der Waals surface area contributed by atoms with Gasteiger partial charge in [-0.2, -0.15) is 0 Å². The first-order valence-corrected chi connectivity index (χ1v) is 5.91. The average Bonchev–Trinajstić information content (AvgIpc) is 2.71. The van der Waals surface area contributed by atoms with E-state index in [4.69, 9.17) is 28.3 Å². The van der Waals surface area contributed by atoms with Crippen LogP contribution in [0.4, 0.5) is 5.69 Å². The monoisotopic (exact) mass is 284 g/mol. The molecule has 1 amide bonds. The van der Waals surface area contributed by atoms with E-state index in [-0.39, 0.29) is 23.4 Å². The molecule has 1 aromatic carbocycles. The van der Waals surface area contributed by atoms with Gasteiger partial charge in [-0.25, -0.2) is 0 Å². The number of amides is 1. The van der Waals surface area contributed by atoms with E-state index >= 15 is 0 Å². The normalized spacial score (nSPS) is 10.4. The van der Waals surface area contributed by atoms with Gasteiger partial charge in [-0.05, 0) is 23.8 Å². The summed E-state index contributed by atoms with van der Waals surface area (Å²) >= 11 is 11.5. The molecule has 94 valence electrons. The fraction of sp³-hybridized carbons (Fsp3) is 0.0833. The third-order valence-electron chi connectivity index (χ3n) is 2.36. The maximum absolute atomic E-state index is 11.8. The quantitative estimate of drug-likeness (QED) is 0.811. The van der Waals surface area contributed by atoms with Crippen molar-refractivity contribution in [1.29, 1.82) is 0 Å². The van der Waals surface area contributed by atoms with Gasteiger partial charge in [0.2, 0.25) is 0 Å². The maximum atomic E-state index is 11.8. The molecular formula is C12H10Cl2N2O2. The number of hydrogen-bond acceptors (Lipinski definition) is 2. The van der Waals surface area contributed by atoms with Crippen molar-refractivity contribution < 1.29 is 9.90 Å². The van der Waals surface area contributed by atoms with Crippen LogP contribution in [0.3, 0.4) is 0 Å². The molecule has 2 aromatic rings. The van der Waals surface area contributed by atoms with Crippen LogP contribution in [0.15, 0.2) is 30.3 Å². The van der Waals surface area contributed by atoms with Crippen molar-refractivity contribution in [1.82, 2.24) is 4.98 Å². The number of carbonyl (C=O) groups is 1. The second kappa shape index (κ2) is 5.44. The molecule has 0 fully saturated rings. The number of aromatic nitrogens is 1. The molecule has 0 aliphatic rings. The first-order chi connectivity index (χ1) is 8.60. The standard InChI is InChI=1S/C12H10Cl2N2O2/c13-9-5-10(16-11(9)14)12(18)15-8-3-1-7(6-17)2-4-8/h1-5,16-17H,6H2,(H,15,18). The molecule has 0 spiro atoms. The Morgan fingerprint density at radius 3 is 2.44 bits per heavy atom. The lowest BCUT2D eigenvalue weighted by Crippen LogP contribution is -2.12. The van der Waals surface area contributed by atoms with Gasteiger partial charge in [-0.15, -0.1) is 0 Å². The Morgan fingerprint density at radius 2 is 1.94 bits per heavy atom. The summed E-state index contributed by atoms with van der Waals surface area (Å²) in [6, 6.07) is 8.32. The minimum Gasteiger partial charge on any atom is -0.392 e. The highest BCUT2D eigenvalue weighted by molar-refractivity contribution is 6.41. The Morgan fingerprint density at radius 1 is 1.28 bits per heavy atom. The highest BCUT2D eigenvalue weighted by atomic mass is 35.5. The van der Waals surface area contributed by atoms with Gasteiger partial charge in [0, 0.05) is 5.69 Å². The molecular weight excluding hydrogens is 275 g/mol. The van der Waals surface area contributed by atoms with Crippen molar-refractivity contribution in [2.75, 3.05) is 5.32 Å². The first-order valence-electron chi connectivity index (χ1n) is 5.15. The summed E-state index contributed by atoms with van der Waals surface area (Å²) in [6.45, 7) is -0.0317. The van der Waals surface area contributed by atoms with Gasteiger partial charge in [0.15, 0.2) is 0 Å². The van der Waals surface area contributed by atoms with E-state index in [0.29, 0.717) is 10.7 Å². The van der Waals surface area contributed by atoms with Crippen LogP contribution in [0.25, 0.3) is 0 Å². The molecule has 0 aliphatic heterocycles. The lowest BCUT2D eigenvalue weighted by molar-refractivity contribution is 0.102. The van der Waals surface area contributed by atoms with Crippen LogP contribution >= 0.6 is 23.2 Å². The van der Waals surface area contributed by atoms with Crippen LogP contribution < -0.4 is 5.32 Å². The largest absolute Gasteiger partial charge is 0.392 e. The van der Waals surface area contributed by atoms with Gasteiger partial charge in [0.25, 0.3) is 5.91 Å². The van der Waals surface area contributed by atoms with Crippen molar-refractivity contribution in [2.24, 2.45) is 0 Å². The molecule has 3 N–H and O–H groups in total. The molecule has 1 heterocycles. The van der Waals surface area contributed by atoms with Crippen molar-refractivity contribution in [3.63, 3.8) is 0 Å². The lowest BCUT2D eigenvalue weighted by atomic mass is 10.2. The van der Waals surface area contributed by atoms with Crippen LogP contribution in [0.1, 0.15) is 16.1 Å². The summed E-state index contributed by atoms with van der Waals surface area (Å²) in [5.74, 6) is -0.333. The summed E-state index contributed by atoms with van der Waals surface area (Å²) < 4.78 is 0. The summed E-state index contributed by atoms with van der Waals surface area (Å²) in [7, 11) is 0. The van der Waals surface area contributed by atoms with Gasteiger partial charge in [0.05, 0.1) is 11.6 Å². The number of hydrogen-bond donors (Lipinski definition) is 3. The summed E-state index contributed by atoms with van der Waals surface area (Å²) in [4.78, 5) is 14.5. The zero-order valence-electron chi connectivity index (χ0n) is 9.21. The lowest BCUT2D eigenvalue weighted by Gasteiger charge is -2.04. The van der Waals surface area contributed by atoms with Gasteiger partial charge >= 0.3 is 0 Å². The Bertz CT molecular complexity index is 544. The van der Waals surface area contributed by atoms with E-state index in [1.54, 1.807) is 24.3 Å². The molecule has 2 rings (SSSR count). The van der Waals surface area contributed by atoms with Crippen molar-refractivity contribution in [3.05, 3.63) is 51.8 Å². The van der Waals surface area contributed by atoms with E-state index in [9.17, 15) is 4.79 Å². The van der Waals surface area contributed by atoms with Crippen molar-refractivity contribution >= 4 is 34.8 Å². The maximum Gasteiger partial charge on any atom is 0.272 e. The first kappa shape index (κ1) is 13.0. The second-order valence-electron chi connectivity index (χ2n) is 3.65. The number of halogens is 2. The minimum absolute atomic E-state index is 0.0317. The van der Waals surface area contributed by atoms with E-state index in [2.05, 4.69) is 10.3 Å². The van der Waals surface area contributed by atoms with Gasteiger partial charge in [0.1, 0.15) is 10.8 Å². The van der Waals surface area contributed by atoms with Gasteiger partial charge in [-0.3, -0.25) is 4.79 Å². The molecule has 6 heteroatoms. The molecule has 4 nitrogen and oxygen atoms in total. The number of anilines is 1. The molecule has 1 aromatic heterocycles. The van der Waals surface area contributed by atoms with Gasteiger partial charge < -0.3 is 15.4 Å². The third kappa shape index (κ3) is 2.85. The van der Waals surface area contributed by atoms with Crippen molar-refractivity contribution in [2.45, 2.75) is 6.61 Å². The zero-order chi connectivity index (χ0) is 13.1. The number of nitrogens with one attached hydrogen (secondary N) is 2. The van der Waals surface area contributed by atoms with Crippen LogP contribution in [-0.4, -0.2) is 16.0 Å². The molecule has 0 radical (unpaired) electrons. The van der Waals surface area contributed by atoms with E-state index < -0.39 is 0 Å². The molecule has 0 unspecified atom stereocenters. The van der Waals surface area contributed by atoms with Crippen LogP contribution in [-0.2, 0) is 6.61 Å². The van der Waals surface area contributed by atoms with Gasteiger partial charge in [-0.1, -0.05) is 35.3 Å². The smallest absolute Gasteiger partial charge is 0.272 e. The van der Waals surface area contributed by atoms with Crippen LogP contribution in [0.5, 0.6) is 0 Å². The number of carbonyl (C=O) groups excluding carboxylic acids is 1. The Hall–Kier alpha value is -1.49. The second-order valence-corrected chi connectivity index (χ2v) is 4.44. The van der Waals surface area contributed by atoms with E-state index in [1.165, 1.54) is 6.07 Å². The molecule has 0 aliphatic carbocycles. The SMILES string of the molecule is O=C(Nc1ccc(CO)cc1)c1cc(Cl)c(Cl)[nH]1. The average molecular weight is 285 g/mol. The molecule has 0 saturated carbocycles. The predicted molar refractivity (Wildman–Crippen MR) is 71.1 cm³/mol. The van der Waals surface area contributed by atoms with E-state index in [0.717, 1.165) is 5.56 Å². The number of aliphatic hydroxyl groups excluding tert-OH is 1. The summed E-state index contributed by atoms with van der Waals surface area (Å²) in [6.07, 6.45) is 0. The van der Waals surface area contributed by atoms with E-state index in [1.807, 2.05) is 0 Å². The Balaban J connectivity index is 2.10. The number of H-pyrrole nitrogens is 1. The molecule has 0 bridgehead atoms. The van der Waals surface area contributed by atoms with Crippen LogP contribution in [0, 0.1) is 0 Å². The zero-order valence-corrected chi connectivity index (χ0v) is 10.7. The number of benzene rings is 1. The number of rotatable bonds is 3. The summed E-state index contributed by atoms with van der Waals surface area (Å²) in [5.41, 5.74) is 1.69. The number of aliphatic hydroxyl groups is 1. The Kier molecular flexibility index (Phi) is 3.91. The topological polar surface area (TPSA) is 65.1 Å². The Labute approximate surface area is 114 Å². The summed E-state index contributed by atoms with van der Waals surface area (Å²) in [5, 5.41) is 12.1. The highest BCUT2D eigenvalue weighted by Gasteiger charge is 2.11. The third-order valence-corrected chi connectivity index (χ3v) is 3.06. The number of aromatic amines is 1. The molecule has 0 atom stereocenters. The fourth-order valence-corrected chi connectivity index (χ4v) is 1.73. The molecule has 18 heavy (non-hydrogen) atoms. The van der Waals surface area contributed by atoms with Crippen LogP contribution in [0.2, 0.25) is 10.2 Å². The van der Waals surface area contributed by atoms with Crippen molar-refractivity contribution in [3.8, 4) is 0 Å².